The molecule has 0 amide bonds. The second kappa shape index (κ2) is 8.05. The van der Waals surface area contributed by atoms with Crippen LogP contribution in [0.1, 0.15) is 44.7 Å². The highest BCUT2D eigenvalue weighted by Crippen LogP contribution is 2.07. The Morgan fingerprint density at radius 3 is 2.75 bits per heavy atom. The molecule has 0 aliphatic carbocycles. The zero-order valence-corrected chi connectivity index (χ0v) is 9.85. The van der Waals surface area contributed by atoms with Gasteiger partial charge in [-0.1, -0.05) is 32.6 Å². The Kier molecular flexibility index (Phi) is 6.49. The van der Waals surface area contributed by atoms with E-state index in [1.807, 2.05) is 0 Å². The summed E-state index contributed by atoms with van der Waals surface area (Å²) < 4.78 is 5.44. The summed E-state index contributed by atoms with van der Waals surface area (Å²) in [6, 6.07) is 0. The largest absolute Gasteiger partial charge is 0.477 e. The zero-order chi connectivity index (χ0) is 11.6. The van der Waals surface area contributed by atoms with E-state index < -0.39 is 0 Å². The van der Waals surface area contributed by atoms with Crippen LogP contribution in [-0.2, 0) is 6.61 Å². The number of hydrogen-bond donors (Lipinski definition) is 1. The maximum atomic E-state index is 8.87. The molecule has 0 aliphatic heterocycles. The van der Waals surface area contributed by atoms with E-state index in [1.165, 1.54) is 31.9 Å². The van der Waals surface area contributed by atoms with Crippen LogP contribution < -0.4 is 4.74 Å². The molecule has 0 spiro atoms. The second-order valence-corrected chi connectivity index (χ2v) is 3.77. The average molecular weight is 224 g/mol. The molecule has 0 aliphatic rings. The topological polar surface area (TPSA) is 55.2 Å². The molecular weight excluding hydrogens is 204 g/mol. The summed E-state index contributed by atoms with van der Waals surface area (Å²) in [4.78, 5) is 8.03. The minimum atomic E-state index is -0.0965. The molecule has 1 rings (SSSR count). The molecule has 4 nitrogen and oxygen atoms in total. The van der Waals surface area contributed by atoms with Crippen LogP contribution in [0.5, 0.6) is 5.88 Å². The van der Waals surface area contributed by atoms with Gasteiger partial charge >= 0.3 is 0 Å². The molecule has 16 heavy (non-hydrogen) atoms. The summed E-state index contributed by atoms with van der Waals surface area (Å²) in [5.74, 6) is 0.502. The Balaban J connectivity index is 2.16. The lowest BCUT2D eigenvalue weighted by atomic mass is 10.2. The Morgan fingerprint density at radius 1 is 1.19 bits per heavy atom. The summed E-state index contributed by atoms with van der Waals surface area (Å²) >= 11 is 0. The predicted molar refractivity (Wildman–Crippen MR) is 62.2 cm³/mol. The van der Waals surface area contributed by atoms with Crippen LogP contribution in [0.2, 0.25) is 0 Å². The third-order valence-electron chi connectivity index (χ3n) is 2.32. The van der Waals surface area contributed by atoms with E-state index in [2.05, 4.69) is 16.9 Å². The van der Waals surface area contributed by atoms with Gasteiger partial charge in [-0.05, 0) is 6.42 Å². The van der Waals surface area contributed by atoms with Crippen molar-refractivity contribution in [3.05, 3.63) is 18.1 Å². The third-order valence-corrected chi connectivity index (χ3v) is 2.32. The van der Waals surface area contributed by atoms with Gasteiger partial charge in [-0.15, -0.1) is 0 Å². The predicted octanol–water partition coefficient (Wildman–Crippen LogP) is 2.32. The van der Waals surface area contributed by atoms with E-state index in [-0.39, 0.29) is 6.61 Å². The summed E-state index contributed by atoms with van der Waals surface area (Å²) in [5, 5.41) is 8.87. The molecule has 1 aromatic rings. The first-order valence-corrected chi connectivity index (χ1v) is 5.91. The molecule has 0 radical (unpaired) electrons. The number of hydrogen-bond acceptors (Lipinski definition) is 4. The fourth-order valence-electron chi connectivity index (χ4n) is 1.41. The Morgan fingerprint density at radius 2 is 2.00 bits per heavy atom. The van der Waals surface area contributed by atoms with Gasteiger partial charge in [-0.25, -0.2) is 4.98 Å². The van der Waals surface area contributed by atoms with Crippen molar-refractivity contribution < 1.29 is 9.84 Å². The molecule has 0 saturated carbocycles. The molecule has 90 valence electrons. The van der Waals surface area contributed by atoms with E-state index in [4.69, 9.17) is 9.84 Å². The molecule has 4 heteroatoms. The zero-order valence-electron chi connectivity index (χ0n) is 9.85. The summed E-state index contributed by atoms with van der Waals surface area (Å²) in [6.45, 7) is 2.78. The second-order valence-electron chi connectivity index (χ2n) is 3.77. The number of nitrogens with zero attached hydrogens (tertiary/aromatic N) is 2. The van der Waals surface area contributed by atoms with E-state index in [1.54, 1.807) is 6.20 Å². The lowest BCUT2D eigenvalue weighted by molar-refractivity contribution is 0.265. The highest BCUT2D eigenvalue weighted by atomic mass is 16.5. The Bertz CT molecular complexity index is 292. The van der Waals surface area contributed by atoms with Crippen LogP contribution in [0, 0.1) is 0 Å². The van der Waals surface area contributed by atoms with Crippen molar-refractivity contribution in [2.45, 2.75) is 45.6 Å². The third kappa shape index (κ3) is 5.07. The minimum Gasteiger partial charge on any atom is -0.477 e. The van der Waals surface area contributed by atoms with Crippen molar-refractivity contribution in [2.75, 3.05) is 6.61 Å². The monoisotopic (exact) mass is 224 g/mol. The van der Waals surface area contributed by atoms with Crippen molar-refractivity contribution in [1.29, 1.82) is 0 Å². The molecule has 0 bridgehead atoms. The van der Waals surface area contributed by atoms with Crippen molar-refractivity contribution >= 4 is 0 Å². The Hall–Kier alpha value is -1.16. The average Bonchev–Trinajstić information content (AvgIpc) is 2.34. The smallest absolute Gasteiger partial charge is 0.232 e. The van der Waals surface area contributed by atoms with Gasteiger partial charge in [0.25, 0.3) is 0 Å². The fraction of sp³-hybridized carbons (Fsp3) is 0.667. The summed E-state index contributed by atoms with van der Waals surface area (Å²) in [6.07, 6.45) is 9.16. The molecule has 1 heterocycles. The van der Waals surface area contributed by atoms with E-state index in [9.17, 15) is 0 Å². The van der Waals surface area contributed by atoms with E-state index >= 15 is 0 Å². The number of aliphatic hydroxyl groups excluding tert-OH is 1. The van der Waals surface area contributed by atoms with Gasteiger partial charge < -0.3 is 9.84 Å². The van der Waals surface area contributed by atoms with Crippen molar-refractivity contribution in [2.24, 2.45) is 0 Å². The van der Waals surface area contributed by atoms with Crippen LogP contribution in [0.3, 0.4) is 0 Å². The summed E-state index contributed by atoms with van der Waals surface area (Å²) in [5.41, 5.74) is 0.545. The minimum absolute atomic E-state index is 0.0965. The fourth-order valence-corrected chi connectivity index (χ4v) is 1.41. The molecule has 0 saturated heterocycles. The van der Waals surface area contributed by atoms with Crippen LogP contribution in [-0.4, -0.2) is 21.7 Å². The van der Waals surface area contributed by atoms with Gasteiger partial charge in [-0.2, -0.15) is 0 Å². The number of unbranched alkanes of at least 4 members (excludes halogenated alkanes) is 4. The number of rotatable bonds is 8. The van der Waals surface area contributed by atoms with Crippen LogP contribution in [0.15, 0.2) is 12.4 Å². The molecule has 0 aromatic carbocycles. The molecule has 1 N–H and O–H groups in total. The molecule has 1 aromatic heterocycles. The number of ether oxygens (including phenoxy) is 1. The number of aromatic nitrogens is 2. The maximum absolute atomic E-state index is 8.87. The van der Waals surface area contributed by atoms with Crippen molar-refractivity contribution in [3.8, 4) is 5.88 Å². The first kappa shape index (κ1) is 12.9. The molecule has 0 fully saturated rings. The van der Waals surface area contributed by atoms with Crippen molar-refractivity contribution in [3.63, 3.8) is 0 Å². The quantitative estimate of drug-likeness (QED) is 0.688. The van der Waals surface area contributed by atoms with Crippen LogP contribution in [0.4, 0.5) is 0 Å². The highest BCUT2D eigenvalue weighted by molar-refractivity contribution is 5.07. The Labute approximate surface area is 96.7 Å². The van der Waals surface area contributed by atoms with E-state index in [0.717, 1.165) is 6.42 Å². The van der Waals surface area contributed by atoms with Gasteiger partial charge in [-0.3, -0.25) is 4.98 Å². The molecule has 0 unspecified atom stereocenters. The maximum Gasteiger partial charge on any atom is 0.232 e. The highest BCUT2D eigenvalue weighted by Gasteiger charge is 1.98. The van der Waals surface area contributed by atoms with E-state index in [0.29, 0.717) is 18.2 Å². The van der Waals surface area contributed by atoms with Gasteiger partial charge in [0, 0.05) is 0 Å². The lowest BCUT2D eigenvalue weighted by Gasteiger charge is -2.05. The van der Waals surface area contributed by atoms with Crippen molar-refractivity contribution in [1.82, 2.24) is 9.97 Å². The van der Waals surface area contributed by atoms with Gasteiger partial charge in [0.15, 0.2) is 0 Å². The first-order valence-electron chi connectivity index (χ1n) is 5.91. The van der Waals surface area contributed by atoms with Crippen LogP contribution in [0.25, 0.3) is 0 Å². The van der Waals surface area contributed by atoms with Gasteiger partial charge in [0.05, 0.1) is 31.3 Å². The first-order chi connectivity index (χ1) is 7.86. The van der Waals surface area contributed by atoms with Gasteiger partial charge in [0.2, 0.25) is 5.88 Å². The molecular formula is C12H20N2O2. The number of aliphatic hydroxyl groups is 1. The normalized spacial score (nSPS) is 10.4. The van der Waals surface area contributed by atoms with Crippen LogP contribution >= 0.6 is 0 Å². The standard InChI is InChI=1S/C12H20N2O2/c1-2-3-4-5-6-7-16-12-9-13-8-11(10-15)14-12/h8-9,15H,2-7,10H2,1H3. The molecule has 0 atom stereocenters. The van der Waals surface area contributed by atoms with Gasteiger partial charge in [0.1, 0.15) is 0 Å². The summed E-state index contributed by atoms with van der Waals surface area (Å²) in [7, 11) is 0. The SMILES string of the molecule is CCCCCCCOc1cncc(CO)n1. The lowest BCUT2D eigenvalue weighted by Crippen LogP contribution is -2.01.